The standard InChI is InChI=1S/C8H15NO/c1-9-5-4-8-3-2-6-10-7-8/h5,8H,2-4,6-7H2,1H3. The minimum absolute atomic E-state index is 0.734. The van der Waals surface area contributed by atoms with Crippen LogP contribution in [0.3, 0.4) is 0 Å². The second kappa shape index (κ2) is 4.45. The van der Waals surface area contributed by atoms with Crippen LogP contribution in [0.15, 0.2) is 4.99 Å². The molecule has 1 saturated heterocycles. The molecule has 1 fully saturated rings. The Morgan fingerprint density at radius 3 is 3.20 bits per heavy atom. The van der Waals surface area contributed by atoms with E-state index in [1.54, 1.807) is 0 Å². The Kier molecular flexibility index (Phi) is 3.44. The Bertz CT molecular complexity index is 106. The number of hydrogen-bond acceptors (Lipinski definition) is 2. The average Bonchev–Trinajstić information content (AvgIpc) is 2.03. The minimum Gasteiger partial charge on any atom is -0.381 e. The minimum atomic E-state index is 0.734. The number of hydrogen-bond donors (Lipinski definition) is 0. The third-order valence-corrected chi connectivity index (χ3v) is 1.88. The molecule has 0 aliphatic carbocycles. The Morgan fingerprint density at radius 1 is 1.70 bits per heavy atom. The lowest BCUT2D eigenvalue weighted by atomic mass is 9.99. The molecule has 0 aromatic heterocycles. The van der Waals surface area contributed by atoms with Gasteiger partial charge in [0.25, 0.3) is 0 Å². The zero-order valence-electron chi connectivity index (χ0n) is 6.55. The first-order valence-corrected chi connectivity index (χ1v) is 3.92. The van der Waals surface area contributed by atoms with Crippen molar-refractivity contribution in [3.05, 3.63) is 0 Å². The third kappa shape index (κ3) is 2.48. The van der Waals surface area contributed by atoms with Gasteiger partial charge in [-0.05, 0) is 31.4 Å². The van der Waals surface area contributed by atoms with E-state index in [9.17, 15) is 0 Å². The van der Waals surface area contributed by atoms with Gasteiger partial charge >= 0.3 is 0 Å². The second-order valence-corrected chi connectivity index (χ2v) is 2.76. The van der Waals surface area contributed by atoms with E-state index in [1.165, 1.54) is 12.8 Å². The van der Waals surface area contributed by atoms with Gasteiger partial charge in [-0.2, -0.15) is 0 Å². The molecular weight excluding hydrogens is 126 g/mol. The van der Waals surface area contributed by atoms with E-state index in [2.05, 4.69) is 4.99 Å². The molecule has 1 aliphatic heterocycles. The molecule has 0 saturated carbocycles. The summed E-state index contributed by atoms with van der Waals surface area (Å²) in [6.45, 7) is 1.89. The predicted molar refractivity (Wildman–Crippen MR) is 42.6 cm³/mol. The number of nitrogens with zero attached hydrogens (tertiary/aromatic N) is 1. The van der Waals surface area contributed by atoms with Gasteiger partial charge in [0, 0.05) is 20.3 Å². The van der Waals surface area contributed by atoms with Crippen molar-refractivity contribution in [2.45, 2.75) is 19.3 Å². The molecule has 58 valence electrons. The van der Waals surface area contributed by atoms with Gasteiger partial charge in [-0.1, -0.05) is 0 Å². The maximum absolute atomic E-state index is 5.32. The van der Waals surface area contributed by atoms with Gasteiger partial charge in [0.05, 0.1) is 0 Å². The highest BCUT2D eigenvalue weighted by molar-refractivity contribution is 5.57. The summed E-state index contributed by atoms with van der Waals surface area (Å²) in [5.41, 5.74) is 0. The van der Waals surface area contributed by atoms with Gasteiger partial charge in [0.15, 0.2) is 0 Å². The van der Waals surface area contributed by atoms with Crippen LogP contribution in [0.25, 0.3) is 0 Å². The molecule has 1 heterocycles. The van der Waals surface area contributed by atoms with Crippen LogP contribution in [0.2, 0.25) is 0 Å². The molecule has 1 unspecified atom stereocenters. The van der Waals surface area contributed by atoms with E-state index in [1.807, 2.05) is 13.3 Å². The topological polar surface area (TPSA) is 21.6 Å². The van der Waals surface area contributed by atoms with Crippen LogP contribution in [-0.4, -0.2) is 26.5 Å². The summed E-state index contributed by atoms with van der Waals surface area (Å²) < 4.78 is 5.32. The van der Waals surface area contributed by atoms with Crippen LogP contribution in [0.5, 0.6) is 0 Å². The van der Waals surface area contributed by atoms with Crippen molar-refractivity contribution in [1.29, 1.82) is 0 Å². The zero-order chi connectivity index (χ0) is 7.23. The van der Waals surface area contributed by atoms with Crippen molar-refractivity contribution in [3.63, 3.8) is 0 Å². The van der Waals surface area contributed by atoms with Crippen LogP contribution in [0.1, 0.15) is 19.3 Å². The Morgan fingerprint density at radius 2 is 2.60 bits per heavy atom. The second-order valence-electron chi connectivity index (χ2n) is 2.76. The van der Waals surface area contributed by atoms with Crippen LogP contribution in [0, 0.1) is 5.92 Å². The first-order chi connectivity index (χ1) is 4.93. The molecule has 0 bridgehead atoms. The zero-order valence-corrected chi connectivity index (χ0v) is 6.55. The fraction of sp³-hybridized carbons (Fsp3) is 0.875. The molecule has 0 aromatic rings. The summed E-state index contributed by atoms with van der Waals surface area (Å²) in [7, 11) is 1.82. The first kappa shape index (κ1) is 7.73. The van der Waals surface area contributed by atoms with Gasteiger partial charge in [-0.25, -0.2) is 0 Å². The highest BCUT2D eigenvalue weighted by Crippen LogP contribution is 2.15. The van der Waals surface area contributed by atoms with Crippen molar-refractivity contribution in [2.75, 3.05) is 20.3 Å². The van der Waals surface area contributed by atoms with Gasteiger partial charge in [0.1, 0.15) is 0 Å². The lowest BCUT2D eigenvalue weighted by Crippen LogP contribution is -2.17. The molecule has 0 aromatic carbocycles. The summed E-state index contributed by atoms with van der Waals surface area (Å²) in [5, 5.41) is 0. The molecule has 0 spiro atoms. The molecule has 10 heavy (non-hydrogen) atoms. The molecule has 0 radical (unpaired) electrons. The summed E-state index contributed by atoms with van der Waals surface area (Å²) in [6, 6.07) is 0. The SMILES string of the molecule is CN=CCC1CCCOC1. The summed E-state index contributed by atoms with van der Waals surface area (Å²) in [5.74, 6) is 0.734. The lowest BCUT2D eigenvalue weighted by molar-refractivity contribution is 0.0578. The van der Waals surface area contributed by atoms with Crippen molar-refractivity contribution in [3.8, 4) is 0 Å². The summed E-state index contributed by atoms with van der Waals surface area (Å²) in [4.78, 5) is 3.95. The normalized spacial score (nSPS) is 27.5. The molecule has 0 amide bonds. The number of rotatable bonds is 2. The fourth-order valence-corrected chi connectivity index (χ4v) is 1.25. The molecular formula is C8H15NO. The largest absolute Gasteiger partial charge is 0.381 e. The van der Waals surface area contributed by atoms with E-state index in [4.69, 9.17) is 4.74 Å². The van der Waals surface area contributed by atoms with Gasteiger partial charge in [-0.3, -0.25) is 0 Å². The smallest absolute Gasteiger partial charge is 0.0497 e. The van der Waals surface area contributed by atoms with Crippen molar-refractivity contribution in [2.24, 2.45) is 10.9 Å². The number of ether oxygens (including phenoxy) is 1. The third-order valence-electron chi connectivity index (χ3n) is 1.88. The Hall–Kier alpha value is -0.370. The number of aliphatic imine (C=N–C) groups is 1. The Balaban J connectivity index is 2.13. The monoisotopic (exact) mass is 141 g/mol. The first-order valence-electron chi connectivity index (χ1n) is 3.92. The summed E-state index contributed by atoms with van der Waals surface area (Å²) in [6.07, 6.45) is 5.62. The highest BCUT2D eigenvalue weighted by atomic mass is 16.5. The maximum Gasteiger partial charge on any atom is 0.0497 e. The van der Waals surface area contributed by atoms with E-state index in [0.717, 1.165) is 25.6 Å². The van der Waals surface area contributed by atoms with Crippen molar-refractivity contribution < 1.29 is 4.74 Å². The lowest BCUT2D eigenvalue weighted by Gasteiger charge is -2.19. The molecule has 0 N–H and O–H groups in total. The highest BCUT2D eigenvalue weighted by Gasteiger charge is 2.11. The van der Waals surface area contributed by atoms with Crippen LogP contribution in [0.4, 0.5) is 0 Å². The Labute approximate surface area is 62.3 Å². The van der Waals surface area contributed by atoms with E-state index < -0.39 is 0 Å². The average molecular weight is 141 g/mol. The summed E-state index contributed by atoms with van der Waals surface area (Å²) >= 11 is 0. The molecule has 1 rings (SSSR count). The maximum atomic E-state index is 5.32. The molecule has 1 aliphatic rings. The van der Waals surface area contributed by atoms with Crippen LogP contribution in [-0.2, 0) is 4.74 Å². The van der Waals surface area contributed by atoms with Crippen LogP contribution >= 0.6 is 0 Å². The predicted octanol–water partition coefficient (Wildman–Crippen LogP) is 1.50. The van der Waals surface area contributed by atoms with Gasteiger partial charge in [0.2, 0.25) is 0 Å². The van der Waals surface area contributed by atoms with Gasteiger partial charge < -0.3 is 9.73 Å². The van der Waals surface area contributed by atoms with Crippen LogP contribution < -0.4 is 0 Å². The van der Waals surface area contributed by atoms with Gasteiger partial charge in [-0.15, -0.1) is 0 Å². The molecule has 2 nitrogen and oxygen atoms in total. The molecule has 2 heteroatoms. The fourth-order valence-electron chi connectivity index (χ4n) is 1.25. The van der Waals surface area contributed by atoms with Crippen molar-refractivity contribution in [1.82, 2.24) is 0 Å². The quantitative estimate of drug-likeness (QED) is 0.534. The van der Waals surface area contributed by atoms with Crippen molar-refractivity contribution >= 4 is 6.21 Å². The van der Waals surface area contributed by atoms with E-state index in [-0.39, 0.29) is 0 Å². The van der Waals surface area contributed by atoms with E-state index >= 15 is 0 Å². The van der Waals surface area contributed by atoms with E-state index in [0.29, 0.717) is 0 Å². The molecule has 1 atom stereocenters.